The lowest BCUT2D eigenvalue weighted by molar-refractivity contribution is -0.114. The van der Waals surface area contributed by atoms with Gasteiger partial charge in [-0.3, -0.25) is 4.79 Å². The van der Waals surface area contributed by atoms with Crippen molar-refractivity contribution >= 4 is 28.9 Å². The van der Waals surface area contributed by atoms with Gasteiger partial charge in [-0.25, -0.2) is 9.78 Å². The molecule has 1 heterocycles. The van der Waals surface area contributed by atoms with Gasteiger partial charge in [0.25, 0.3) is 0 Å². The molecule has 2 aromatic rings. The third-order valence-corrected chi connectivity index (χ3v) is 3.62. The largest absolute Gasteiger partial charge is 0.477 e. The Kier molecular flexibility index (Phi) is 6.72. The molecule has 0 aliphatic rings. The van der Waals surface area contributed by atoms with E-state index in [4.69, 9.17) is 5.11 Å². The fourth-order valence-corrected chi connectivity index (χ4v) is 2.69. The van der Waals surface area contributed by atoms with Crippen molar-refractivity contribution in [1.82, 2.24) is 4.98 Å². The zero-order valence-electron chi connectivity index (χ0n) is 13.1. The summed E-state index contributed by atoms with van der Waals surface area (Å²) in [6.45, 7) is 7.23. The number of nitrogens with zero attached hydrogens (tertiary/aromatic N) is 1. The maximum atomic E-state index is 11.2. The van der Waals surface area contributed by atoms with Crippen molar-refractivity contribution < 1.29 is 14.7 Å². The first-order valence-electron chi connectivity index (χ1n) is 7.02. The number of aromatic carboxylic acids is 1. The average molecular weight is 320 g/mol. The molecule has 5 nitrogen and oxygen atoms in total. The molecule has 0 aliphatic heterocycles. The topological polar surface area (TPSA) is 79.3 Å². The minimum atomic E-state index is -0.955. The molecule has 6 heteroatoms. The van der Waals surface area contributed by atoms with Gasteiger partial charge in [0.15, 0.2) is 0 Å². The number of benzene rings is 1. The van der Waals surface area contributed by atoms with Crippen molar-refractivity contribution in [3.05, 3.63) is 45.4 Å². The molecular weight excluding hydrogens is 300 g/mol. The number of rotatable bonds is 4. The minimum absolute atomic E-state index is 0.141. The lowest BCUT2D eigenvalue weighted by Gasteiger charge is -2.05. The number of carboxylic acid groups (broad SMARTS) is 1. The van der Waals surface area contributed by atoms with Crippen molar-refractivity contribution in [1.29, 1.82) is 0 Å². The van der Waals surface area contributed by atoms with E-state index in [-0.39, 0.29) is 10.8 Å². The van der Waals surface area contributed by atoms with Crippen LogP contribution in [0, 0.1) is 6.92 Å². The molecule has 1 aromatic carbocycles. The van der Waals surface area contributed by atoms with Crippen LogP contribution in [-0.4, -0.2) is 22.0 Å². The van der Waals surface area contributed by atoms with E-state index in [1.165, 1.54) is 18.3 Å². The molecule has 1 aromatic heterocycles. The molecule has 0 bridgehead atoms. The van der Waals surface area contributed by atoms with Gasteiger partial charge in [-0.1, -0.05) is 26.0 Å². The van der Waals surface area contributed by atoms with E-state index >= 15 is 0 Å². The summed E-state index contributed by atoms with van der Waals surface area (Å²) in [5.41, 5.74) is 2.16. The first-order valence-corrected chi connectivity index (χ1v) is 7.83. The third-order valence-electron chi connectivity index (χ3n) is 2.62. The summed E-state index contributed by atoms with van der Waals surface area (Å²) in [4.78, 5) is 26.7. The highest BCUT2D eigenvalue weighted by atomic mass is 32.1. The molecule has 118 valence electrons. The Hall–Kier alpha value is -2.21. The number of nitrogens with one attached hydrogen (secondary N) is 1. The summed E-state index contributed by atoms with van der Waals surface area (Å²) in [7, 11) is 0. The third kappa shape index (κ3) is 4.96. The van der Waals surface area contributed by atoms with Crippen molar-refractivity contribution in [2.45, 2.75) is 34.1 Å². The number of carboxylic acids is 1. The summed E-state index contributed by atoms with van der Waals surface area (Å²) in [6, 6.07) is 7.31. The number of hydrogen-bond acceptors (Lipinski definition) is 4. The van der Waals surface area contributed by atoms with Crippen LogP contribution in [0.5, 0.6) is 0 Å². The normalized spacial score (nSPS) is 9.64. The zero-order chi connectivity index (χ0) is 16.7. The number of amides is 1. The van der Waals surface area contributed by atoms with Crippen molar-refractivity contribution in [2.75, 3.05) is 5.32 Å². The van der Waals surface area contributed by atoms with Crippen LogP contribution in [0.1, 0.15) is 46.7 Å². The number of aromatic nitrogens is 1. The van der Waals surface area contributed by atoms with Crippen LogP contribution < -0.4 is 5.32 Å². The van der Waals surface area contributed by atoms with Gasteiger partial charge in [0.05, 0.1) is 10.7 Å². The van der Waals surface area contributed by atoms with E-state index in [0.717, 1.165) is 10.6 Å². The molecule has 0 atom stereocenters. The van der Waals surface area contributed by atoms with Crippen LogP contribution >= 0.6 is 11.3 Å². The molecule has 1 amide bonds. The lowest BCUT2D eigenvalue weighted by Crippen LogP contribution is -2.06. The van der Waals surface area contributed by atoms with E-state index in [2.05, 4.69) is 10.3 Å². The molecule has 0 saturated heterocycles. The van der Waals surface area contributed by atoms with Crippen LogP contribution in [-0.2, 0) is 11.2 Å². The van der Waals surface area contributed by atoms with Gasteiger partial charge in [0.1, 0.15) is 4.88 Å². The highest BCUT2D eigenvalue weighted by Crippen LogP contribution is 2.22. The number of aryl methyl sites for hydroxylation is 1. The highest BCUT2D eigenvalue weighted by molar-refractivity contribution is 7.13. The van der Waals surface area contributed by atoms with Gasteiger partial charge in [-0.15, -0.1) is 11.3 Å². The first-order chi connectivity index (χ1) is 10.5. The molecule has 0 radical (unpaired) electrons. The molecule has 0 fully saturated rings. The summed E-state index contributed by atoms with van der Waals surface area (Å²) >= 11 is 1.18. The Bertz CT molecular complexity index is 665. The summed E-state index contributed by atoms with van der Waals surface area (Å²) < 4.78 is 0. The van der Waals surface area contributed by atoms with Gasteiger partial charge >= 0.3 is 5.97 Å². The zero-order valence-corrected chi connectivity index (χ0v) is 14.0. The smallest absolute Gasteiger partial charge is 0.347 e. The molecule has 0 saturated carbocycles. The fraction of sp³-hybridized carbons (Fsp3) is 0.312. The van der Waals surface area contributed by atoms with E-state index in [9.17, 15) is 9.59 Å². The summed E-state index contributed by atoms with van der Waals surface area (Å²) in [5.74, 6) is -1.10. The van der Waals surface area contributed by atoms with Crippen LogP contribution in [0.25, 0.3) is 0 Å². The van der Waals surface area contributed by atoms with Crippen molar-refractivity contribution in [3.8, 4) is 0 Å². The molecule has 22 heavy (non-hydrogen) atoms. The number of anilines is 1. The average Bonchev–Trinajstić information content (AvgIpc) is 2.81. The van der Waals surface area contributed by atoms with Crippen LogP contribution in [0.15, 0.2) is 24.3 Å². The van der Waals surface area contributed by atoms with E-state index in [1.54, 1.807) is 13.0 Å². The second-order valence-electron chi connectivity index (χ2n) is 4.37. The van der Waals surface area contributed by atoms with E-state index < -0.39 is 5.97 Å². The molecule has 0 aliphatic carbocycles. The van der Waals surface area contributed by atoms with Crippen LogP contribution in [0.4, 0.5) is 5.69 Å². The first kappa shape index (κ1) is 17.8. The van der Waals surface area contributed by atoms with E-state index in [1.807, 2.05) is 32.0 Å². The van der Waals surface area contributed by atoms with Gasteiger partial charge in [-0.05, 0) is 24.6 Å². The van der Waals surface area contributed by atoms with Crippen molar-refractivity contribution in [3.63, 3.8) is 0 Å². The SMILES string of the molecule is CC.CC(=O)Nc1cccc(Cc2nc(C)sc2C(=O)O)c1. The molecule has 2 N–H and O–H groups in total. The van der Waals surface area contributed by atoms with E-state index in [0.29, 0.717) is 17.8 Å². The number of thiazole rings is 1. The Balaban J connectivity index is 0.00000116. The second kappa shape index (κ2) is 8.29. The van der Waals surface area contributed by atoms with Gasteiger partial charge in [0.2, 0.25) is 5.91 Å². The predicted octanol–water partition coefficient (Wildman–Crippen LogP) is 3.73. The van der Waals surface area contributed by atoms with Crippen LogP contribution in [0.3, 0.4) is 0 Å². The summed E-state index contributed by atoms with van der Waals surface area (Å²) in [5, 5.41) is 12.6. The monoisotopic (exact) mass is 320 g/mol. The Morgan fingerprint density at radius 3 is 2.59 bits per heavy atom. The highest BCUT2D eigenvalue weighted by Gasteiger charge is 2.16. The lowest BCUT2D eigenvalue weighted by atomic mass is 10.1. The molecule has 0 spiro atoms. The Morgan fingerprint density at radius 2 is 2.00 bits per heavy atom. The molecule has 0 unspecified atom stereocenters. The Morgan fingerprint density at radius 1 is 1.32 bits per heavy atom. The minimum Gasteiger partial charge on any atom is -0.477 e. The van der Waals surface area contributed by atoms with Gasteiger partial charge in [-0.2, -0.15) is 0 Å². The fourth-order valence-electron chi connectivity index (χ4n) is 1.91. The second-order valence-corrected chi connectivity index (χ2v) is 5.58. The molecule has 2 rings (SSSR count). The number of carbonyl (C=O) groups is 2. The number of carbonyl (C=O) groups excluding carboxylic acids is 1. The standard InChI is InChI=1S/C14H14N2O3S.C2H6/c1-8(17)15-11-5-3-4-10(6-11)7-12-13(14(18)19)20-9(2)16-12;1-2/h3-6H,7H2,1-2H3,(H,15,17)(H,18,19);1-2H3. The predicted molar refractivity (Wildman–Crippen MR) is 88.7 cm³/mol. The maximum absolute atomic E-state index is 11.2. The quantitative estimate of drug-likeness (QED) is 0.899. The van der Waals surface area contributed by atoms with Crippen molar-refractivity contribution in [2.24, 2.45) is 0 Å². The molecular formula is C16H20N2O3S. The van der Waals surface area contributed by atoms with Crippen LogP contribution in [0.2, 0.25) is 0 Å². The van der Waals surface area contributed by atoms with Gasteiger partial charge < -0.3 is 10.4 Å². The maximum Gasteiger partial charge on any atom is 0.347 e. The number of hydrogen-bond donors (Lipinski definition) is 2. The Labute approximate surface area is 134 Å². The van der Waals surface area contributed by atoms with Gasteiger partial charge in [0, 0.05) is 19.0 Å². The summed E-state index contributed by atoms with van der Waals surface area (Å²) in [6.07, 6.45) is 0.430.